The van der Waals surface area contributed by atoms with Gasteiger partial charge in [-0.25, -0.2) is 0 Å². The van der Waals surface area contributed by atoms with Gasteiger partial charge in [-0.15, -0.1) is 0 Å². The summed E-state index contributed by atoms with van der Waals surface area (Å²) in [4.78, 5) is 0. The fourth-order valence-corrected chi connectivity index (χ4v) is 3.01. The van der Waals surface area contributed by atoms with E-state index in [-0.39, 0.29) is 5.56 Å². The highest BCUT2D eigenvalue weighted by molar-refractivity contribution is 6.31. The van der Waals surface area contributed by atoms with Gasteiger partial charge >= 0.3 is 6.18 Å². The minimum Gasteiger partial charge on any atom is -0.370 e. The standard InChI is InChI=1S/C19H19ClF3NO2/c1-11-3-5-14(10-15(11)18-25-7-8-26-18)24-17(19(21,22)23)13-4-6-16(20)12(2)9-13/h3-6,9-10,17-18,24H,7-8H2,1-2H3/t17-/m0/s1. The van der Waals surface area contributed by atoms with E-state index in [1.807, 2.05) is 6.92 Å². The number of hydrogen-bond donors (Lipinski definition) is 1. The molecule has 7 heteroatoms. The topological polar surface area (TPSA) is 30.5 Å². The van der Waals surface area contributed by atoms with Crippen molar-refractivity contribution in [1.29, 1.82) is 0 Å². The highest BCUT2D eigenvalue weighted by atomic mass is 35.5. The largest absolute Gasteiger partial charge is 0.412 e. The van der Waals surface area contributed by atoms with E-state index in [0.29, 0.717) is 29.5 Å². The van der Waals surface area contributed by atoms with Gasteiger partial charge in [0.15, 0.2) is 6.29 Å². The molecule has 0 bridgehead atoms. The van der Waals surface area contributed by atoms with Crippen LogP contribution in [0, 0.1) is 13.8 Å². The van der Waals surface area contributed by atoms with E-state index in [1.54, 1.807) is 25.1 Å². The van der Waals surface area contributed by atoms with Crippen LogP contribution in [0.1, 0.15) is 34.6 Å². The molecule has 1 atom stereocenters. The van der Waals surface area contributed by atoms with Gasteiger partial charge in [0.25, 0.3) is 0 Å². The Morgan fingerprint density at radius 1 is 1.04 bits per heavy atom. The van der Waals surface area contributed by atoms with E-state index in [0.717, 1.165) is 11.1 Å². The van der Waals surface area contributed by atoms with Crippen molar-refractivity contribution in [2.75, 3.05) is 18.5 Å². The number of alkyl halides is 3. The van der Waals surface area contributed by atoms with Gasteiger partial charge in [-0.05, 0) is 48.7 Å². The Morgan fingerprint density at radius 3 is 2.35 bits per heavy atom. The van der Waals surface area contributed by atoms with Gasteiger partial charge in [0.1, 0.15) is 6.04 Å². The second kappa shape index (κ2) is 7.47. The lowest BCUT2D eigenvalue weighted by molar-refractivity contribution is -0.144. The monoisotopic (exact) mass is 385 g/mol. The molecule has 1 fully saturated rings. The Bertz CT molecular complexity index is 789. The third kappa shape index (κ3) is 4.14. The van der Waals surface area contributed by atoms with Crippen molar-refractivity contribution in [2.24, 2.45) is 0 Å². The van der Waals surface area contributed by atoms with Gasteiger partial charge in [-0.2, -0.15) is 13.2 Å². The van der Waals surface area contributed by atoms with Crippen LogP contribution >= 0.6 is 11.6 Å². The van der Waals surface area contributed by atoms with Gasteiger partial charge in [0, 0.05) is 16.3 Å². The molecule has 2 aromatic carbocycles. The van der Waals surface area contributed by atoms with Crippen molar-refractivity contribution in [2.45, 2.75) is 32.4 Å². The molecule has 1 N–H and O–H groups in total. The van der Waals surface area contributed by atoms with Crippen LogP contribution in [0.3, 0.4) is 0 Å². The predicted octanol–water partition coefficient (Wildman–Crippen LogP) is 5.72. The fraction of sp³-hybridized carbons (Fsp3) is 0.368. The van der Waals surface area contributed by atoms with Crippen LogP contribution in [0.2, 0.25) is 5.02 Å². The van der Waals surface area contributed by atoms with E-state index in [9.17, 15) is 13.2 Å². The number of halogens is 4. The molecular formula is C19H19ClF3NO2. The maximum absolute atomic E-state index is 13.7. The summed E-state index contributed by atoms with van der Waals surface area (Å²) in [6, 6.07) is 7.49. The quantitative estimate of drug-likeness (QED) is 0.730. The summed E-state index contributed by atoms with van der Waals surface area (Å²) in [6.07, 6.45) is -5.01. The average molecular weight is 386 g/mol. The molecule has 0 amide bonds. The normalized spacial score (nSPS) is 16.7. The molecule has 0 unspecified atom stereocenters. The molecule has 0 aromatic heterocycles. The first-order chi connectivity index (χ1) is 12.3. The van der Waals surface area contributed by atoms with E-state index >= 15 is 0 Å². The van der Waals surface area contributed by atoms with Crippen LogP contribution in [0.5, 0.6) is 0 Å². The highest BCUT2D eigenvalue weighted by Gasteiger charge is 2.41. The van der Waals surface area contributed by atoms with Crippen molar-refractivity contribution < 1.29 is 22.6 Å². The lowest BCUT2D eigenvalue weighted by Gasteiger charge is -2.24. The minimum atomic E-state index is -4.47. The van der Waals surface area contributed by atoms with Gasteiger partial charge in [0.2, 0.25) is 0 Å². The average Bonchev–Trinajstić information content (AvgIpc) is 3.10. The maximum atomic E-state index is 13.7. The van der Waals surface area contributed by atoms with Gasteiger partial charge in [0.05, 0.1) is 13.2 Å². The van der Waals surface area contributed by atoms with Crippen molar-refractivity contribution >= 4 is 17.3 Å². The SMILES string of the molecule is Cc1cc([C@H](Nc2ccc(C)c(C3OCCO3)c2)C(F)(F)F)ccc1Cl. The Labute approximate surface area is 155 Å². The first-order valence-electron chi connectivity index (χ1n) is 8.19. The zero-order chi connectivity index (χ0) is 18.9. The molecule has 140 valence electrons. The minimum absolute atomic E-state index is 0.106. The van der Waals surface area contributed by atoms with Crippen molar-refractivity contribution in [1.82, 2.24) is 0 Å². The Balaban J connectivity index is 1.92. The first-order valence-corrected chi connectivity index (χ1v) is 8.56. The molecule has 3 nitrogen and oxygen atoms in total. The number of nitrogens with one attached hydrogen (secondary N) is 1. The number of ether oxygens (including phenoxy) is 2. The van der Waals surface area contributed by atoms with Crippen LogP contribution in [-0.4, -0.2) is 19.4 Å². The lowest BCUT2D eigenvalue weighted by Crippen LogP contribution is -2.28. The molecule has 26 heavy (non-hydrogen) atoms. The second-order valence-electron chi connectivity index (χ2n) is 6.27. The smallest absolute Gasteiger partial charge is 0.370 e. The predicted molar refractivity (Wildman–Crippen MR) is 94.4 cm³/mol. The summed E-state index contributed by atoms with van der Waals surface area (Å²) >= 11 is 5.94. The highest BCUT2D eigenvalue weighted by Crippen LogP contribution is 2.38. The third-order valence-corrected chi connectivity index (χ3v) is 4.73. The summed E-state index contributed by atoms with van der Waals surface area (Å²) in [5.41, 5.74) is 2.67. The summed E-state index contributed by atoms with van der Waals surface area (Å²) in [5.74, 6) is 0. The Kier molecular flexibility index (Phi) is 5.46. The molecule has 2 aromatic rings. The number of benzene rings is 2. The van der Waals surface area contributed by atoms with E-state index in [4.69, 9.17) is 21.1 Å². The fourth-order valence-electron chi connectivity index (χ4n) is 2.89. The first kappa shape index (κ1) is 19.0. The van der Waals surface area contributed by atoms with E-state index < -0.39 is 18.5 Å². The van der Waals surface area contributed by atoms with Crippen LogP contribution in [0.15, 0.2) is 36.4 Å². The summed E-state index contributed by atoms with van der Waals surface area (Å²) in [6.45, 7) is 4.49. The van der Waals surface area contributed by atoms with Crippen LogP contribution < -0.4 is 5.32 Å². The molecule has 1 saturated heterocycles. The second-order valence-corrected chi connectivity index (χ2v) is 6.68. The Hall–Kier alpha value is -1.76. The van der Waals surface area contributed by atoms with Gasteiger partial charge in [-0.3, -0.25) is 0 Å². The van der Waals surface area contributed by atoms with Crippen molar-refractivity contribution in [3.05, 3.63) is 63.7 Å². The molecule has 0 radical (unpaired) electrons. The van der Waals surface area contributed by atoms with E-state index in [1.165, 1.54) is 18.2 Å². The van der Waals surface area contributed by atoms with Crippen LogP contribution in [-0.2, 0) is 9.47 Å². The maximum Gasteiger partial charge on any atom is 0.412 e. The summed E-state index contributed by atoms with van der Waals surface area (Å²) in [7, 11) is 0. The number of anilines is 1. The van der Waals surface area contributed by atoms with Gasteiger partial charge < -0.3 is 14.8 Å². The van der Waals surface area contributed by atoms with E-state index in [2.05, 4.69) is 5.32 Å². The number of hydrogen-bond acceptors (Lipinski definition) is 3. The molecular weight excluding hydrogens is 367 g/mol. The molecule has 0 saturated carbocycles. The summed E-state index contributed by atoms with van der Waals surface area (Å²) in [5, 5.41) is 3.03. The molecule has 1 aliphatic rings. The lowest BCUT2D eigenvalue weighted by atomic mass is 10.0. The third-order valence-electron chi connectivity index (χ3n) is 4.31. The summed E-state index contributed by atoms with van der Waals surface area (Å²) < 4.78 is 51.9. The van der Waals surface area contributed by atoms with Crippen molar-refractivity contribution in [3.63, 3.8) is 0 Å². The molecule has 1 aliphatic heterocycles. The number of aryl methyl sites for hydroxylation is 2. The zero-order valence-corrected chi connectivity index (χ0v) is 15.1. The Morgan fingerprint density at radius 2 is 1.73 bits per heavy atom. The van der Waals surface area contributed by atoms with Crippen LogP contribution in [0.4, 0.5) is 18.9 Å². The van der Waals surface area contributed by atoms with Crippen molar-refractivity contribution in [3.8, 4) is 0 Å². The van der Waals surface area contributed by atoms with Gasteiger partial charge in [-0.1, -0.05) is 29.8 Å². The number of rotatable bonds is 4. The zero-order valence-electron chi connectivity index (χ0n) is 14.4. The molecule has 0 aliphatic carbocycles. The molecule has 1 heterocycles. The van der Waals surface area contributed by atoms with Crippen LogP contribution in [0.25, 0.3) is 0 Å². The molecule has 0 spiro atoms. The molecule has 3 rings (SSSR count).